The maximum Gasteiger partial charge on any atom is 0.255 e. The maximum atomic E-state index is 13.3. The Labute approximate surface area is 236 Å². The summed E-state index contributed by atoms with van der Waals surface area (Å²) < 4.78 is 15.3. The Morgan fingerprint density at radius 2 is 1.93 bits per heavy atom. The van der Waals surface area contributed by atoms with Crippen molar-refractivity contribution in [2.45, 2.75) is 57.3 Å². The van der Waals surface area contributed by atoms with Gasteiger partial charge in [0.15, 0.2) is 0 Å². The van der Waals surface area contributed by atoms with Gasteiger partial charge in [-0.05, 0) is 69.2 Å². The lowest BCUT2D eigenvalue weighted by atomic mass is 9.53. The van der Waals surface area contributed by atoms with E-state index in [0.29, 0.717) is 22.5 Å². The second-order valence-corrected chi connectivity index (χ2v) is 11.9. The van der Waals surface area contributed by atoms with E-state index in [9.17, 15) is 14.7 Å². The topological polar surface area (TPSA) is 159 Å². The van der Waals surface area contributed by atoms with Gasteiger partial charge in [-0.15, -0.1) is 0 Å². The third-order valence-electron chi connectivity index (χ3n) is 7.78. The number of nitrogens with one attached hydrogen (secondary N) is 1. The van der Waals surface area contributed by atoms with Crippen molar-refractivity contribution in [2.75, 3.05) is 6.61 Å². The second kappa shape index (κ2) is 9.88. The lowest BCUT2D eigenvalue weighted by Gasteiger charge is -2.57. The summed E-state index contributed by atoms with van der Waals surface area (Å²) in [5, 5.41) is 22.1. The summed E-state index contributed by atoms with van der Waals surface area (Å²) in [6.07, 6.45) is 10.1. The highest BCUT2D eigenvalue weighted by Crippen LogP contribution is 2.56. The van der Waals surface area contributed by atoms with Crippen molar-refractivity contribution in [1.82, 2.24) is 29.7 Å². The number of aromatic nitrogens is 5. The summed E-state index contributed by atoms with van der Waals surface area (Å²) in [5.41, 5.74) is 7.35. The number of aryl methyl sites for hydroxylation is 1. The number of ether oxygens (including phenoxy) is 2. The van der Waals surface area contributed by atoms with Crippen LogP contribution in [0.5, 0.6) is 11.6 Å². The van der Waals surface area contributed by atoms with Gasteiger partial charge in [0, 0.05) is 31.0 Å². The molecule has 4 aromatic rings. The van der Waals surface area contributed by atoms with Gasteiger partial charge in [-0.1, -0.05) is 0 Å². The first-order valence-corrected chi connectivity index (χ1v) is 13.6. The molecule has 4 N–H and O–H groups in total. The van der Waals surface area contributed by atoms with E-state index in [0.717, 1.165) is 31.2 Å². The van der Waals surface area contributed by atoms with Crippen LogP contribution in [-0.2, 0) is 7.05 Å². The number of fused-ring (bicyclic) bond motifs is 1. The molecule has 2 aliphatic carbocycles. The fourth-order valence-corrected chi connectivity index (χ4v) is 5.89. The van der Waals surface area contributed by atoms with Crippen LogP contribution in [0.15, 0.2) is 49.1 Å². The van der Waals surface area contributed by atoms with E-state index in [1.807, 2.05) is 13.2 Å². The number of aliphatic hydroxyl groups is 1. The molecule has 0 aromatic carbocycles. The van der Waals surface area contributed by atoms with Crippen LogP contribution < -0.4 is 20.5 Å². The zero-order chi connectivity index (χ0) is 28.9. The van der Waals surface area contributed by atoms with Gasteiger partial charge in [0.2, 0.25) is 5.88 Å². The standard InChI is InChI=1S/C29H33N7O5/c1-28(2,39)16-40-23-7-6-22-21(14-33-36(22)24(23)17-13-32-35(3)15-17)26(38)34-18-9-29(10-18)11-19(12-29)41-27-20(25(30)37)5-4-8-31-27/h4-8,13-15,18-19,39H,9-12,16H2,1-3H3,(H2,30,37)(H,34,38). The average molecular weight is 560 g/mol. The molecule has 2 aliphatic rings. The largest absolute Gasteiger partial charge is 0.488 e. The third-order valence-corrected chi connectivity index (χ3v) is 7.78. The van der Waals surface area contributed by atoms with E-state index < -0.39 is 11.5 Å². The number of amides is 2. The molecule has 0 radical (unpaired) electrons. The van der Waals surface area contributed by atoms with Crippen molar-refractivity contribution in [3.8, 4) is 22.9 Å². The number of nitrogens with zero attached hydrogens (tertiary/aromatic N) is 5. The molecule has 4 heterocycles. The highest BCUT2D eigenvalue weighted by molar-refractivity contribution is 6.01. The van der Waals surface area contributed by atoms with Gasteiger partial charge >= 0.3 is 0 Å². The van der Waals surface area contributed by atoms with E-state index in [1.54, 1.807) is 65.9 Å². The molecule has 2 fully saturated rings. The lowest BCUT2D eigenvalue weighted by molar-refractivity contribution is -0.0848. The Morgan fingerprint density at radius 1 is 1.15 bits per heavy atom. The number of carbonyl (C=O) groups is 2. The highest BCUT2D eigenvalue weighted by atomic mass is 16.5. The number of pyridine rings is 2. The molecule has 2 amide bonds. The first-order valence-electron chi connectivity index (χ1n) is 13.6. The van der Waals surface area contributed by atoms with Crippen molar-refractivity contribution >= 4 is 17.3 Å². The first kappa shape index (κ1) is 26.8. The van der Waals surface area contributed by atoms with Gasteiger partial charge in [0.25, 0.3) is 11.8 Å². The van der Waals surface area contributed by atoms with Crippen molar-refractivity contribution in [2.24, 2.45) is 18.2 Å². The van der Waals surface area contributed by atoms with Gasteiger partial charge in [-0.25, -0.2) is 9.50 Å². The molecule has 12 heteroatoms. The molecule has 1 spiro atoms. The van der Waals surface area contributed by atoms with Crippen LogP contribution in [0.25, 0.3) is 16.8 Å². The Bertz CT molecular complexity index is 1620. The van der Waals surface area contributed by atoms with E-state index in [1.165, 1.54) is 0 Å². The fourth-order valence-electron chi connectivity index (χ4n) is 5.89. The zero-order valence-corrected chi connectivity index (χ0v) is 23.2. The van der Waals surface area contributed by atoms with Crippen molar-refractivity contribution < 1.29 is 24.2 Å². The van der Waals surface area contributed by atoms with Gasteiger partial charge in [-0.2, -0.15) is 10.2 Å². The predicted octanol–water partition coefficient (Wildman–Crippen LogP) is 2.50. The monoisotopic (exact) mass is 559 g/mol. The van der Waals surface area contributed by atoms with Crippen LogP contribution in [0.3, 0.4) is 0 Å². The molecule has 4 aromatic heterocycles. The number of nitrogens with two attached hydrogens (primary N) is 1. The van der Waals surface area contributed by atoms with Gasteiger partial charge < -0.3 is 25.6 Å². The summed E-state index contributed by atoms with van der Waals surface area (Å²) in [6, 6.07) is 6.91. The Balaban J connectivity index is 1.12. The summed E-state index contributed by atoms with van der Waals surface area (Å²) >= 11 is 0. The molecule has 0 aliphatic heterocycles. The van der Waals surface area contributed by atoms with Crippen LogP contribution in [0.4, 0.5) is 0 Å². The minimum absolute atomic E-state index is 0.0296. The minimum Gasteiger partial charge on any atom is -0.488 e. The average Bonchev–Trinajstić information content (AvgIpc) is 3.50. The molecule has 0 unspecified atom stereocenters. The molecular weight excluding hydrogens is 526 g/mol. The van der Waals surface area contributed by atoms with Crippen molar-refractivity contribution in [3.05, 3.63) is 60.2 Å². The minimum atomic E-state index is -1.02. The predicted molar refractivity (Wildman–Crippen MR) is 149 cm³/mol. The SMILES string of the molecule is Cn1cc(-c2c(OCC(C)(C)O)ccc3c(C(=O)NC4CC5(C4)CC(Oc4ncccc4C(N)=O)C5)cnn23)cn1. The zero-order valence-electron chi connectivity index (χ0n) is 23.2. The number of primary amides is 1. The van der Waals surface area contributed by atoms with Crippen LogP contribution in [0, 0.1) is 5.41 Å². The van der Waals surface area contributed by atoms with Gasteiger partial charge in [0.1, 0.15) is 29.7 Å². The third kappa shape index (κ3) is 5.22. The van der Waals surface area contributed by atoms with E-state index in [-0.39, 0.29) is 41.5 Å². The van der Waals surface area contributed by atoms with Crippen LogP contribution in [-0.4, -0.2) is 65.7 Å². The first-order chi connectivity index (χ1) is 19.5. The van der Waals surface area contributed by atoms with Crippen LogP contribution in [0.1, 0.15) is 60.2 Å². The van der Waals surface area contributed by atoms with Gasteiger partial charge in [-0.3, -0.25) is 14.3 Å². The van der Waals surface area contributed by atoms with Crippen molar-refractivity contribution in [3.63, 3.8) is 0 Å². The molecule has 2 saturated carbocycles. The van der Waals surface area contributed by atoms with Crippen LogP contribution in [0.2, 0.25) is 0 Å². The van der Waals surface area contributed by atoms with Crippen LogP contribution >= 0.6 is 0 Å². The molecule has 41 heavy (non-hydrogen) atoms. The fraction of sp³-hybridized carbons (Fsp3) is 0.414. The molecule has 0 bridgehead atoms. The Morgan fingerprint density at radius 3 is 2.61 bits per heavy atom. The Kier molecular flexibility index (Phi) is 6.45. The summed E-state index contributed by atoms with van der Waals surface area (Å²) in [6.45, 7) is 3.43. The van der Waals surface area contributed by atoms with Gasteiger partial charge in [0.05, 0.1) is 29.1 Å². The molecule has 6 rings (SSSR count). The summed E-state index contributed by atoms with van der Waals surface area (Å²) in [4.78, 5) is 29.1. The smallest absolute Gasteiger partial charge is 0.255 e. The normalized spacial score (nSPS) is 21.8. The summed E-state index contributed by atoms with van der Waals surface area (Å²) in [7, 11) is 1.82. The molecular formula is C29H33N7O5. The molecule has 214 valence electrons. The van der Waals surface area contributed by atoms with E-state index in [4.69, 9.17) is 15.2 Å². The quantitative estimate of drug-likeness (QED) is 0.282. The Hall–Kier alpha value is -4.45. The second-order valence-electron chi connectivity index (χ2n) is 11.9. The summed E-state index contributed by atoms with van der Waals surface area (Å²) in [5.74, 6) is 0.0518. The number of hydrogen-bond donors (Lipinski definition) is 3. The number of carbonyl (C=O) groups excluding carboxylic acids is 2. The van der Waals surface area contributed by atoms with E-state index >= 15 is 0 Å². The molecule has 12 nitrogen and oxygen atoms in total. The molecule has 0 saturated heterocycles. The molecule has 0 atom stereocenters. The highest BCUT2D eigenvalue weighted by Gasteiger charge is 2.54. The maximum absolute atomic E-state index is 13.3. The lowest BCUT2D eigenvalue weighted by Crippen LogP contribution is -2.58. The number of hydrogen-bond acceptors (Lipinski definition) is 8. The van der Waals surface area contributed by atoms with E-state index in [2.05, 4.69) is 20.5 Å². The van der Waals surface area contributed by atoms with Crippen molar-refractivity contribution in [1.29, 1.82) is 0 Å². The number of rotatable bonds is 9.